The third kappa shape index (κ3) is 5.60. The van der Waals surface area contributed by atoms with Crippen LogP contribution in [0.1, 0.15) is 55.9 Å². The number of piperidine rings is 1. The highest BCUT2D eigenvalue weighted by molar-refractivity contribution is 7.89. The molecule has 1 N–H and O–H groups in total. The first-order valence-electron chi connectivity index (χ1n) is 11.7. The van der Waals surface area contributed by atoms with Crippen LogP contribution >= 0.6 is 0 Å². The highest BCUT2D eigenvalue weighted by Gasteiger charge is 2.27. The van der Waals surface area contributed by atoms with Crippen LogP contribution in [0.25, 0.3) is 0 Å². The molecule has 2 aliphatic heterocycles. The number of nitrogens with one attached hydrogen (secondary N) is 1. The Balaban J connectivity index is 1.28. The molecule has 0 bridgehead atoms. The van der Waals surface area contributed by atoms with Gasteiger partial charge < -0.3 is 9.73 Å². The zero-order valence-electron chi connectivity index (χ0n) is 18.5. The van der Waals surface area contributed by atoms with Crippen molar-refractivity contribution in [1.82, 2.24) is 14.5 Å². The zero-order valence-corrected chi connectivity index (χ0v) is 19.4. The molecule has 174 valence electrons. The summed E-state index contributed by atoms with van der Waals surface area (Å²) in [6.07, 6.45) is 7.90. The second kappa shape index (κ2) is 10.6. The second-order valence-corrected chi connectivity index (χ2v) is 10.6. The van der Waals surface area contributed by atoms with E-state index in [-0.39, 0.29) is 11.9 Å². The van der Waals surface area contributed by atoms with Crippen molar-refractivity contribution in [2.24, 2.45) is 0 Å². The van der Waals surface area contributed by atoms with Crippen molar-refractivity contribution >= 4 is 15.9 Å². The molecular formula is C24H33N3O4S. The number of likely N-dealkylation sites (tertiary alicyclic amines) is 1. The van der Waals surface area contributed by atoms with E-state index in [1.54, 1.807) is 22.7 Å². The number of hydrogen-bond acceptors (Lipinski definition) is 5. The summed E-state index contributed by atoms with van der Waals surface area (Å²) in [5.41, 5.74) is 0.958. The van der Waals surface area contributed by atoms with Crippen molar-refractivity contribution in [3.05, 3.63) is 54.0 Å². The molecule has 7 nitrogen and oxygen atoms in total. The predicted molar refractivity (Wildman–Crippen MR) is 123 cm³/mol. The summed E-state index contributed by atoms with van der Waals surface area (Å²) in [6, 6.07) is 10.9. The second-order valence-electron chi connectivity index (χ2n) is 8.69. The molecule has 1 aromatic heterocycles. The van der Waals surface area contributed by atoms with Crippen LogP contribution in [-0.4, -0.2) is 56.3 Å². The summed E-state index contributed by atoms with van der Waals surface area (Å²) >= 11 is 0. The van der Waals surface area contributed by atoms with Crippen molar-refractivity contribution in [3.63, 3.8) is 0 Å². The first-order valence-corrected chi connectivity index (χ1v) is 13.1. The lowest BCUT2D eigenvalue weighted by atomic mass is 10.1. The largest absolute Gasteiger partial charge is 0.468 e. The fourth-order valence-electron chi connectivity index (χ4n) is 4.58. The molecule has 1 unspecified atom stereocenters. The van der Waals surface area contributed by atoms with Crippen LogP contribution in [0.3, 0.4) is 0 Å². The van der Waals surface area contributed by atoms with Crippen LogP contribution in [0.5, 0.6) is 0 Å². The number of rotatable bonds is 9. The maximum atomic E-state index is 12.8. The van der Waals surface area contributed by atoms with Gasteiger partial charge in [-0.3, -0.25) is 9.69 Å². The maximum Gasteiger partial charge on any atom is 0.243 e. The van der Waals surface area contributed by atoms with Gasteiger partial charge in [0.1, 0.15) is 5.76 Å². The standard InChI is InChI=1S/C24H33N3O4S/c28-24(25-19-22(23-7-6-18-31-23)26-14-4-5-15-26)13-10-20-8-11-21(12-9-20)32(29,30)27-16-2-1-3-17-27/h6-9,11-12,18,22H,1-5,10,13-17,19H2,(H,25,28). The summed E-state index contributed by atoms with van der Waals surface area (Å²) in [6.45, 7) is 3.77. The molecule has 4 rings (SSSR count). The first kappa shape index (κ1) is 23.0. The molecule has 0 saturated carbocycles. The van der Waals surface area contributed by atoms with Crippen LogP contribution in [0.2, 0.25) is 0 Å². The Kier molecular flexibility index (Phi) is 7.65. The minimum atomic E-state index is -3.42. The number of furan rings is 1. The molecule has 8 heteroatoms. The van der Waals surface area contributed by atoms with Gasteiger partial charge in [-0.1, -0.05) is 18.6 Å². The Labute approximate surface area is 190 Å². The Morgan fingerprint density at radius 3 is 2.31 bits per heavy atom. The topological polar surface area (TPSA) is 82.9 Å². The van der Waals surface area contributed by atoms with Crippen molar-refractivity contribution in [1.29, 1.82) is 0 Å². The highest BCUT2D eigenvalue weighted by atomic mass is 32.2. The van der Waals surface area contributed by atoms with E-state index in [9.17, 15) is 13.2 Å². The van der Waals surface area contributed by atoms with Gasteiger partial charge in [0, 0.05) is 26.1 Å². The monoisotopic (exact) mass is 459 g/mol. The first-order chi connectivity index (χ1) is 15.5. The third-order valence-corrected chi connectivity index (χ3v) is 8.38. The van der Waals surface area contributed by atoms with Gasteiger partial charge in [-0.2, -0.15) is 4.31 Å². The summed E-state index contributed by atoms with van der Waals surface area (Å²) < 4.78 is 32.7. The fourth-order valence-corrected chi connectivity index (χ4v) is 6.10. The molecule has 1 aromatic carbocycles. The Hall–Kier alpha value is -2.16. The van der Waals surface area contributed by atoms with E-state index in [1.165, 1.54) is 12.8 Å². The normalized spacial score (nSPS) is 19.1. The zero-order chi connectivity index (χ0) is 22.4. The van der Waals surface area contributed by atoms with Gasteiger partial charge in [0.15, 0.2) is 0 Å². The quantitative estimate of drug-likeness (QED) is 0.622. The van der Waals surface area contributed by atoms with Gasteiger partial charge in [0.2, 0.25) is 15.9 Å². The van der Waals surface area contributed by atoms with E-state index in [4.69, 9.17) is 4.42 Å². The predicted octanol–water partition coefficient (Wildman–Crippen LogP) is 3.34. The van der Waals surface area contributed by atoms with Crippen molar-refractivity contribution in [3.8, 4) is 0 Å². The van der Waals surface area contributed by atoms with Gasteiger partial charge in [-0.05, 0) is 75.0 Å². The molecule has 2 aliphatic rings. The smallest absolute Gasteiger partial charge is 0.243 e. The van der Waals surface area contributed by atoms with Crippen LogP contribution in [0.4, 0.5) is 0 Å². The number of carbonyl (C=O) groups excluding carboxylic acids is 1. The molecule has 0 radical (unpaired) electrons. The number of hydrogen-bond donors (Lipinski definition) is 1. The van der Waals surface area contributed by atoms with Gasteiger partial charge >= 0.3 is 0 Å². The van der Waals surface area contributed by atoms with E-state index in [0.29, 0.717) is 37.4 Å². The average molecular weight is 460 g/mol. The summed E-state index contributed by atoms with van der Waals surface area (Å²) in [7, 11) is -3.42. The number of amides is 1. The average Bonchev–Trinajstić information content (AvgIpc) is 3.54. The van der Waals surface area contributed by atoms with E-state index in [1.807, 2.05) is 24.3 Å². The van der Waals surface area contributed by atoms with Crippen LogP contribution in [0, 0.1) is 0 Å². The van der Waals surface area contributed by atoms with E-state index in [0.717, 1.165) is 43.7 Å². The van der Waals surface area contributed by atoms with Crippen LogP contribution in [-0.2, 0) is 21.2 Å². The summed E-state index contributed by atoms with van der Waals surface area (Å²) in [5, 5.41) is 3.05. The lowest BCUT2D eigenvalue weighted by Crippen LogP contribution is -2.36. The lowest BCUT2D eigenvalue weighted by Gasteiger charge is -2.26. The Morgan fingerprint density at radius 2 is 1.66 bits per heavy atom. The van der Waals surface area contributed by atoms with Crippen molar-refractivity contribution < 1.29 is 17.6 Å². The maximum absolute atomic E-state index is 12.8. The molecule has 2 fully saturated rings. The molecule has 2 saturated heterocycles. The van der Waals surface area contributed by atoms with E-state index >= 15 is 0 Å². The SMILES string of the molecule is O=C(CCc1ccc(S(=O)(=O)N2CCCCC2)cc1)NCC(c1ccco1)N1CCCC1. The third-order valence-electron chi connectivity index (χ3n) is 6.46. The van der Waals surface area contributed by atoms with Crippen LogP contribution in [0.15, 0.2) is 52.0 Å². The molecule has 1 amide bonds. The van der Waals surface area contributed by atoms with Crippen molar-refractivity contribution in [2.75, 3.05) is 32.7 Å². The van der Waals surface area contributed by atoms with Crippen molar-refractivity contribution in [2.45, 2.75) is 55.9 Å². The molecular weight excluding hydrogens is 426 g/mol. The molecule has 3 heterocycles. The summed E-state index contributed by atoms with van der Waals surface area (Å²) in [4.78, 5) is 15.2. The Bertz CT molecular complexity index is 961. The molecule has 32 heavy (non-hydrogen) atoms. The van der Waals surface area contributed by atoms with Gasteiger partial charge in [-0.15, -0.1) is 0 Å². The molecule has 1 atom stereocenters. The molecule has 2 aromatic rings. The number of benzene rings is 1. The lowest BCUT2D eigenvalue weighted by molar-refractivity contribution is -0.121. The highest BCUT2D eigenvalue weighted by Crippen LogP contribution is 2.25. The molecule has 0 aliphatic carbocycles. The van der Waals surface area contributed by atoms with Crippen LogP contribution < -0.4 is 5.32 Å². The minimum Gasteiger partial charge on any atom is -0.468 e. The number of sulfonamides is 1. The summed E-state index contributed by atoms with van der Waals surface area (Å²) in [5.74, 6) is 0.878. The van der Waals surface area contributed by atoms with Gasteiger partial charge in [0.05, 0.1) is 17.2 Å². The fraction of sp³-hybridized carbons (Fsp3) is 0.542. The van der Waals surface area contributed by atoms with Gasteiger partial charge in [0.25, 0.3) is 0 Å². The van der Waals surface area contributed by atoms with E-state index in [2.05, 4.69) is 10.2 Å². The number of carbonyl (C=O) groups is 1. The van der Waals surface area contributed by atoms with Gasteiger partial charge in [-0.25, -0.2) is 8.42 Å². The minimum absolute atomic E-state index is 0.00855. The Morgan fingerprint density at radius 1 is 0.969 bits per heavy atom. The molecule has 0 spiro atoms. The van der Waals surface area contributed by atoms with E-state index < -0.39 is 10.0 Å². The number of nitrogens with zero attached hydrogens (tertiary/aromatic N) is 2. The number of aryl methyl sites for hydroxylation is 1.